The van der Waals surface area contributed by atoms with Crippen LogP contribution in [-0.4, -0.2) is 6.04 Å². The topological polar surface area (TPSA) is 3.24 Å². The van der Waals surface area contributed by atoms with Crippen LogP contribution in [0.3, 0.4) is 0 Å². The van der Waals surface area contributed by atoms with Crippen LogP contribution in [0.4, 0.5) is 11.4 Å². The standard InChI is InChI=1S/C26H23N/c1-18-10-12-20(13-11-18)21-14-15-26-24(17-21)23-8-3-4-9-25(23)27(26)22-7-5-6-19(2)16-22/h3-14,16-17,26H,15H2,1-2H3. The van der Waals surface area contributed by atoms with E-state index in [-0.39, 0.29) is 0 Å². The highest BCUT2D eigenvalue weighted by atomic mass is 15.2. The molecule has 0 fully saturated rings. The minimum Gasteiger partial charge on any atom is -0.333 e. The molecule has 3 aromatic rings. The molecule has 1 heterocycles. The van der Waals surface area contributed by atoms with Crippen LogP contribution in [0, 0.1) is 13.8 Å². The number of benzene rings is 3. The summed E-state index contributed by atoms with van der Waals surface area (Å²) in [4.78, 5) is 2.51. The highest BCUT2D eigenvalue weighted by Crippen LogP contribution is 2.48. The zero-order valence-corrected chi connectivity index (χ0v) is 15.8. The molecule has 1 aliphatic carbocycles. The summed E-state index contributed by atoms with van der Waals surface area (Å²) in [6.45, 7) is 4.30. The fourth-order valence-corrected chi connectivity index (χ4v) is 4.33. The average Bonchev–Trinajstić information content (AvgIpc) is 3.02. The Hall–Kier alpha value is -3.06. The van der Waals surface area contributed by atoms with Gasteiger partial charge >= 0.3 is 0 Å². The lowest BCUT2D eigenvalue weighted by Gasteiger charge is -2.29. The van der Waals surface area contributed by atoms with Gasteiger partial charge in [-0.3, -0.25) is 0 Å². The molecule has 0 N–H and O–H groups in total. The maximum absolute atomic E-state index is 2.51. The second-order valence-corrected chi connectivity index (χ2v) is 7.60. The fraction of sp³-hybridized carbons (Fsp3) is 0.154. The van der Waals surface area contributed by atoms with E-state index in [1.54, 1.807) is 0 Å². The van der Waals surface area contributed by atoms with E-state index in [1.807, 2.05) is 0 Å². The Morgan fingerprint density at radius 1 is 0.815 bits per heavy atom. The molecule has 2 aliphatic rings. The molecule has 0 spiro atoms. The molecule has 0 amide bonds. The third-order valence-corrected chi connectivity index (χ3v) is 5.68. The third kappa shape index (κ3) is 2.71. The molecule has 1 nitrogen and oxygen atoms in total. The van der Waals surface area contributed by atoms with Gasteiger partial charge in [0.05, 0.1) is 6.04 Å². The number of anilines is 2. The fourth-order valence-electron chi connectivity index (χ4n) is 4.33. The van der Waals surface area contributed by atoms with Crippen molar-refractivity contribution in [3.63, 3.8) is 0 Å². The van der Waals surface area contributed by atoms with Gasteiger partial charge in [0, 0.05) is 16.9 Å². The van der Waals surface area contributed by atoms with Crippen molar-refractivity contribution in [2.75, 3.05) is 4.90 Å². The van der Waals surface area contributed by atoms with Gasteiger partial charge in [-0.05, 0) is 66.8 Å². The lowest BCUT2D eigenvalue weighted by molar-refractivity contribution is 0.831. The number of aryl methyl sites for hydroxylation is 2. The van der Waals surface area contributed by atoms with Gasteiger partial charge in [-0.2, -0.15) is 0 Å². The number of hydrogen-bond donors (Lipinski definition) is 0. The number of rotatable bonds is 2. The average molecular weight is 349 g/mol. The van der Waals surface area contributed by atoms with Crippen molar-refractivity contribution in [2.45, 2.75) is 26.3 Å². The van der Waals surface area contributed by atoms with E-state index < -0.39 is 0 Å². The lowest BCUT2D eigenvalue weighted by Crippen LogP contribution is -2.27. The van der Waals surface area contributed by atoms with Gasteiger partial charge in [-0.15, -0.1) is 0 Å². The number of nitrogens with zero attached hydrogens (tertiary/aromatic N) is 1. The molecule has 0 aromatic heterocycles. The molecule has 0 radical (unpaired) electrons. The van der Waals surface area contributed by atoms with Gasteiger partial charge in [-0.1, -0.05) is 66.2 Å². The smallest absolute Gasteiger partial charge is 0.0633 e. The van der Waals surface area contributed by atoms with Crippen LogP contribution in [0.2, 0.25) is 0 Å². The predicted octanol–water partition coefficient (Wildman–Crippen LogP) is 6.69. The van der Waals surface area contributed by atoms with Crippen molar-refractivity contribution in [2.24, 2.45) is 0 Å². The van der Waals surface area contributed by atoms with Crippen LogP contribution in [0.5, 0.6) is 0 Å². The number of fused-ring (bicyclic) bond motifs is 3. The molecule has 132 valence electrons. The van der Waals surface area contributed by atoms with Gasteiger partial charge in [-0.25, -0.2) is 0 Å². The Kier molecular flexibility index (Phi) is 3.75. The summed E-state index contributed by atoms with van der Waals surface area (Å²) in [6, 6.07) is 26.9. The third-order valence-electron chi connectivity index (χ3n) is 5.68. The van der Waals surface area contributed by atoms with Crippen LogP contribution in [0.1, 0.15) is 28.7 Å². The molecule has 0 saturated carbocycles. The highest BCUT2D eigenvalue weighted by molar-refractivity contribution is 5.98. The van der Waals surface area contributed by atoms with Gasteiger partial charge in [0.2, 0.25) is 0 Å². The molecule has 1 atom stereocenters. The first kappa shape index (κ1) is 16.1. The first-order valence-corrected chi connectivity index (χ1v) is 9.65. The van der Waals surface area contributed by atoms with E-state index >= 15 is 0 Å². The maximum atomic E-state index is 2.51. The largest absolute Gasteiger partial charge is 0.333 e. The normalized spacial score (nSPS) is 17.9. The van der Waals surface area contributed by atoms with Crippen molar-refractivity contribution < 1.29 is 0 Å². The maximum Gasteiger partial charge on any atom is 0.0633 e. The van der Waals surface area contributed by atoms with Crippen molar-refractivity contribution >= 4 is 22.5 Å². The number of hydrogen-bond acceptors (Lipinski definition) is 1. The molecule has 0 saturated heterocycles. The van der Waals surface area contributed by atoms with Crippen LogP contribution < -0.4 is 4.90 Å². The molecule has 3 aromatic carbocycles. The first-order chi connectivity index (χ1) is 13.2. The van der Waals surface area contributed by atoms with Crippen LogP contribution in [0.25, 0.3) is 11.1 Å². The van der Waals surface area contributed by atoms with Gasteiger partial charge < -0.3 is 4.90 Å². The van der Waals surface area contributed by atoms with Crippen LogP contribution in [-0.2, 0) is 0 Å². The Bertz CT molecular complexity index is 1070. The summed E-state index contributed by atoms with van der Waals surface area (Å²) in [5.41, 5.74) is 10.6. The Balaban J connectivity index is 1.61. The molecular weight excluding hydrogens is 326 g/mol. The SMILES string of the molecule is Cc1ccc(C2=CCC3C(=C2)c2ccccc2N3c2cccc(C)c2)cc1. The lowest BCUT2D eigenvalue weighted by atomic mass is 9.89. The van der Waals surface area contributed by atoms with Crippen molar-refractivity contribution in [1.29, 1.82) is 0 Å². The minimum atomic E-state index is 0.374. The summed E-state index contributed by atoms with van der Waals surface area (Å²) in [5, 5.41) is 0. The molecule has 1 unspecified atom stereocenters. The van der Waals surface area contributed by atoms with E-state index in [0.29, 0.717) is 6.04 Å². The van der Waals surface area contributed by atoms with Gasteiger partial charge in [0.1, 0.15) is 0 Å². The highest BCUT2D eigenvalue weighted by Gasteiger charge is 2.35. The predicted molar refractivity (Wildman–Crippen MR) is 115 cm³/mol. The molecule has 5 rings (SSSR count). The second kappa shape index (κ2) is 6.28. The monoisotopic (exact) mass is 349 g/mol. The molecule has 1 heteroatoms. The van der Waals surface area contributed by atoms with Crippen molar-refractivity contribution in [3.05, 3.63) is 107 Å². The van der Waals surface area contributed by atoms with E-state index in [2.05, 4.69) is 104 Å². The van der Waals surface area contributed by atoms with Gasteiger partial charge in [0.25, 0.3) is 0 Å². The van der Waals surface area contributed by atoms with E-state index in [1.165, 1.54) is 44.8 Å². The molecular formula is C26H23N. The summed E-state index contributed by atoms with van der Waals surface area (Å²) < 4.78 is 0. The Morgan fingerprint density at radius 3 is 2.44 bits per heavy atom. The number of allylic oxidation sites excluding steroid dienone is 2. The van der Waals surface area contributed by atoms with E-state index in [0.717, 1.165) is 6.42 Å². The Labute approximate surface area is 161 Å². The molecule has 0 bridgehead atoms. The van der Waals surface area contributed by atoms with E-state index in [9.17, 15) is 0 Å². The second-order valence-electron chi connectivity index (χ2n) is 7.60. The quantitative estimate of drug-likeness (QED) is 0.498. The molecule has 27 heavy (non-hydrogen) atoms. The van der Waals surface area contributed by atoms with Crippen molar-refractivity contribution in [1.82, 2.24) is 0 Å². The summed E-state index contributed by atoms with van der Waals surface area (Å²) >= 11 is 0. The minimum absolute atomic E-state index is 0.374. The van der Waals surface area contributed by atoms with Crippen LogP contribution in [0.15, 0.2) is 84.9 Å². The summed E-state index contributed by atoms with van der Waals surface area (Å²) in [7, 11) is 0. The van der Waals surface area contributed by atoms with Crippen molar-refractivity contribution in [3.8, 4) is 0 Å². The summed E-state index contributed by atoms with van der Waals surface area (Å²) in [6.07, 6.45) is 5.82. The zero-order valence-electron chi connectivity index (χ0n) is 15.8. The molecule has 1 aliphatic heterocycles. The first-order valence-electron chi connectivity index (χ1n) is 9.65. The van der Waals surface area contributed by atoms with Crippen LogP contribution >= 0.6 is 0 Å². The Morgan fingerprint density at radius 2 is 1.63 bits per heavy atom. The number of para-hydroxylation sites is 1. The van der Waals surface area contributed by atoms with E-state index in [4.69, 9.17) is 0 Å². The zero-order chi connectivity index (χ0) is 18.4. The summed E-state index contributed by atoms with van der Waals surface area (Å²) in [5.74, 6) is 0. The van der Waals surface area contributed by atoms with Gasteiger partial charge in [0.15, 0.2) is 0 Å².